The van der Waals surface area contributed by atoms with Crippen LogP contribution in [-0.4, -0.2) is 22.6 Å². The second-order valence-electron chi connectivity index (χ2n) is 5.32. The summed E-state index contributed by atoms with van der Waals surface area (Å²) < 4.78 is 5.37. The average Bonchev–Trinajstić information content (AvgIpc) is 2.22. The molecule has 0 heterocycles. The first-order chi connectivity index (χ1) is 8.31. The molecule has 0 rings (SSSR count). The molecule has 0 aliphatic heterocycles. The predicted molar refractivity (Wildman–Crippen MR) is 72.6 cm³/mol. The maximum Gasteiger partial charge on any atom is 1.00 e. The third-order valence-corrected chi connectivity index (χ3v) is 3.39. The molecule has 1 N–H and O–H groups in total. The predicted octanol–water partition coefficient (Wildman–Crippen LogP) is -2.38. The molecule has 20 heavy (non-hydrogen) atoms. The van der Waals surface area contributed by atoms with Crippen molar-refractivity contribution in [3.8, 4) is 0 Å². The Labute approximate surface area is 159 Å². The fourth-order valence-electron chi connectivity index (χ4n) is 1.78. The number of carboxylic acids is 1. The molecule has 1 unspecified atom stereocenters. The molecule has 0 aromatic carbocycles. The molecule has 0 aromatic rings. The Bertz CT molecular complexity index is 294. The topological polar surface area (TPSA) is 63.6 Å². The normalized spacial score (nSPS) is 12.8. The fourth-order valence-corrected chi connectivity index (χ4v) is 1.78. The Morgan fingerprint density at radius 2 is 1.80 bits per heavy atom. The van der Waals surface area contributed by atoms with E-state index in [0.29, 0.717) is 0 Å². The van der Waals surface area contributed by atoms with E-state index >= 15 is 0 Å². The van der Waals surface area contributed by atoms with Crippen LogP contribution in [0.4, 0.5) is 0 Å². The fraction of sp³-hybridized carbons (Fsp3) is 0.857. The number of carbonyl (C=O) groups excluding carboxylic acids is 1. The van der Waals surface area contributed by atoms with Crippen molar-refractivity contribution < 1.29 is 70.7 Å². The number of unbranched alkanes of at least 4 members (excludes halogenated alkanes) is 3. The zero-order chi connectivity index (χ0) is 14.2. The van der Waals surface area contributed by atoms with Crippen molar-refractivity contribution in [3.63, 3.8) is 0 Å². The van der Waals surface area contributed by atoms with Crippen LogP contribution in [0.2, 0.25) is 0 Å². The molecular formula is C14H28LiNaO4. The van der Waals surface area contributed by atoms with Gasteiger partial charge in [-0.1, -0.05) is 40.0 Å². The number of carboxylic acid groups (broad SMARTS) is 1. The molecule has 0 aromatic heterocycles. The summed E-state index contributed by atoms with van der Waals surface area (Å²) in [4.78, 5) is 21.9. The van der Waals surface area contributed by atoms with Crippen molar-refractivity contribution in [2.24, 2.45) is 5.92 Å². The molecule has 1 atom stereocenters. The summed E-state index contributed by atoms with van der Waals surface area (Å²) in [6.45, 7) is 8.03. The van der Waals surface area contributed by atoms with Gasteiger partial charge in [-0.25, -0.2) is 0 Å². The summed E-state index contributed by atoms with van der Waals surface area (Å²) in [6, 6.07) is 0. The van der Waals surface area contributed by atoms with E-state index < -0.39 is 24.0 Å². The van der Waals surface area contributed by atoms with Gasteiger partial charge in [-0.3, -0.25) is 9.59 Å². The van der Waals surface area contributed by atoms with Crippen LogP contribution in [0, 0.1) is 5.92 Å². The smallest absolute Gasteiger partial charge is 1.00 e. The first-order valence-corrected chi connectivity index (χ1v) is 6.75. The number of hydrogen-bond donors (Lipinski definition) is 1. The molecule has 0 aliphatic rings. The van der Waals surface area contributed by atoms with Crippen LogP contribution in [-0.2, 0) is 14.3 Å². The van der Waals surface area contributed by atoms with E-state index in [1.54, 1.807) is 0 Å². The first-order valence-electron chi connectivity index (χ1n) is 6.75. The van der Waals surface area contributed by atoms with E-state index in [2.05, 4.69) is 6.92 Å². The van der Waals surface area contributed by atoms with Gasteiger partial charge in [-0.15, -0.1) is 0 Å². The van der Waals surface area contributed by atoms with Crippen LogP contribution in [0.5, 0.6) is 0 Å². The summed E-state index contributed by atoms with van der Waals surface area (Å²) >= 11 is 0. The van der Waals surface area contributed by atoms with E-state index in [0.717, 1.165) is 25.7 Å². The van der Waals surface area contributed by atoms with Crippen molar-refractivity contribution in [1.82, 2.24) is 0 Å². The second-order valence-corrected chi connectivity index (χ2v) is 5.32. The number of aliphatic carboxylic acids is 1. The summed E-state index contributed by atoms with van der Waals surface area (Å²) in [7, 11) is 0. The van der Waals surface area contributed by atoms with Crippen molar-refractivity contribution in [3.05, 3.63) is 0 Å². The van der Waals surface area contributed by atoms with Gasteiger partial charge in [0.15, 0.2) is 0 Å². The van der Waals surface area contributed by atoms with Gasteiger partial charge in [-0.05, 0) is 25.7 Å². The van der Waals surface area contributed by atoms with Gasteiger partial charge in [0.25, 0.3) is 0 Å². The van der Waals surface area contributed by atoms with Gasteiger partial charge in [0.05, 0.1) is 0 Å². The van der Waals surface area contributed by atoms with E-state index in [1.165, 1.54) is 6.42 Å². The largest absolute Gasteiger partial charge is 1.00 e. The summed E-state index contributed by atoms with van der Waals surface area (Å²) in [5.41, 5.74) is -0.555. The molecule has 6 heteroatoms. The molecule has 0 radical (unpaired) electrons. The summed E-state index contributed by atoms with van der Waals surface area (Å²) in [6.07, 6.45) is 4.69. The molecule has 0 amide bonds. The Kier molecular flexibility index (Phi) is 16.8. The van der Waals surface area contributed by atoms with Crippen molar-refractivity contribution in [2.75, 3.05) is 0 Å². The quantitative estimate of drug-likeness (QED) is 0.223. The van der Waals surface area contributed by atoms with Crippen LogP contribution in [0.25, 0.3) is 0 Å². The molecule has 0 bridgehead atoms. The molecule has 0 saturated heterocycles. The molecule has 110 valence electrons. The Balaban J connectivity index is -0.000000241. The minimum atomic E-state index is -1.14. The number of hydrogen-bond acceptors (Lipinski definition) is 3. The van der Waals surface area contributed by atoms with Gasteiger partial charge in [0, 0.05) is 0 Å². The van der Waals surface area contributed by atoms with E-state index in [9.17, 15) is 9.59 Å². The maximum atomic E-state index is 11.5. The second kappa shape index (κ2) is 13.2. The van der Waals surface area contributed by atoms with E-state index in [4.69, 9.17) is 9.84 Å². The van der Waals surface area contributed by atoms with E-state index in [1.807, 2.05) is 20.8 Å². The minimum absolute atomic E-state index is 0. The summed E-state index contributed by atoms with van der Waals surface area (Å²) in [5.74, 6) is -1.61. The number of rotatable bonds is 9. The first kappa shape index (κ1) is 25.5. The zero-order valence-corrected chi connectivity index (χ0v) is 16.0. The van der Waals surface area contributed by atoms with Crippen LogP contribution in [0.15, 0.2) is 0 Å². The molecular weight excluding hydrogens is 262 g/mol. The van der Waals surface area contributed by atoms with Gasteiger partial charge < -0.3 is 12.7 Å². The minimum Gasteiger partial charge on any atom is -1.00 e. The van der Waals surface area contributed by atoms with Crippen LogP contribution >= 0.6 is 0 Å². The van der Waals surface area contributed by atoms with Gasteiger partial charge in [0.2, 0.25) is 0 Å². The maximum absolute atomic E-state index is 11.5. The Hall–Kier alpha value is 0.537. The standard InChI is InChI=1S/C14H26O4.Li.Na.2H/c1-5-6-7-8-9-14(4,11(2)3)18-13(17)10-12(15)16;;;;/h11H,5-10H2,1-4H3,(H,15,16);;;;/q;2*+1;2*-1. The third-order valence-electron chi connectivity index (χ3n) is 3.39. The Morgan fingerprint density at radius 1 is 1.25 bits per heavy atom. The van der Waals surface area contributed by atoms with Gasteiger partial charge in [-0.2, -0.15) is 0 Å². The van der Waals surface area contributed by atoms with Crippen molar-refractivity contribution >= 4 is 11.9 Å². The Morgan fingerprint density at radius 3 is 2.20 bits per heavy atom. The zero-order valence-electron chi connectivity index (χ0n) is 16.0. The summed E-state index contributed by atoms with van der Waals surface area (Å²) in [5, 5.41) is 8.56. The van der Waals surface area contributed by atoms with Crippen LogP contribution in [0.3, 0.4) is 0 Å². The average molecular weight is 290 g/mol. The molecule has 4 nitrogen and oxygen atoms in total. The molecule has 0 saturated carbocycles. The SMILES string of the molecule is CCCCCCC(C)(OC(=O)CC(=O)O)C(C)C.[H-].[H-].[Li+].[Na+]. The number of ether oxygens (including phenoxy) is 1. The van der Waals surface area contributed by atoms with Gasteiger partial charge >= 0.3 is 60.4 Å². The number of carbonyl (C=O) groups is 2. The van der Waals surface area contributed by atoms with E-state index in [-0.39, 0.29) is 57.2 Å². The van der Waals surface area contributed by atoms with Crippen LogP contribution < -0.4 is 48.4 Å². The van der Waals surface area contributed by atoms with Crippen molar-refractivity contribution in [2.45, 2.75) is 71.8 Å². The van der Waals surface area contributed by atoms with Gasteiger partial charge in [0.1, 0.15) is 12.0 Å². The molecule has 0 fully saturated rings. The molecule has 0 aliphatic carbocycles. The monoisotopic (exact) mass is 290 g/mol. The van der Waals surface area contributed by atoms with Crippen LogP contribution in [0.1, 0.15) is 69.1 Å². The number of esters is 1. The van der Waals surface area contributed by atoms with Crippen molar-refractivity contribution in [1.29, 1.82) is 0 Å². The molecule has 0 spiro atoms. The third kappa shape index (κ3) is 11.2.